The number of hydrogen-bond acceptors (Lipinski definition) is 3. The summed E-state index contributed by atoms with van der Waals surface area (Å²) in [7, 11) is 0. The maximum Gasteiger partial charge on any atom is 0.138 e. The van der Waals surface area contributed by atoms with Crippen molar-refractivity contribution in [2.75, 3.05) is 6.54 Å². The van der Waals surface area contributed by atoms with Crippen molar-refractivity contribution in [2.24, 2.45) is 0 Å². The number of hydrogen-bond donors (Lipinski definition) is 1. The molecule has 0 aliphatic heterocycles. The lowest BCUT2D eigenvalue weighted by Crippen LogP contribution is -2.32. The van der Waals surface area contributed by atoms with Gasteiger partial charge in [-0.3, -0.25) is 4.68 Å². The van der Waals surface area contributed by atoms with Gasteiger partial charge in [0.2, 0.25) is 0 Å². The molecule has 1 unspecified atom stereocenters. The molecule has 1 aromatic rings. The minimum Gasteiger partial charge on any atom is -0.314 e. The van der Waals surface area contributed by atoms with Crippen molar-refractivity contribution in [3.8, 4) is 0 Å². The van der Waals surface area contributed by atoms with Gasteiger partial charge in [0.25, 0.3) is 0 Å². The summed E-state index contributed by atoms with van der Waals surface area (Å²) >= 11 is 0. The number of unbranched alkanes of at least 4 members (excludes halogenated alkanes) is 2. The second-order valence-electron chi connectivity index (χ2n) is 4.84. The molecule has 0 saturated heterocycles. The van der Waals surface area contributed by atoms with Crippen LogP contribution in [0.1, 0.15) is 58.7 Å². The number of aryl methyl sites for hydroxylation is 1. The van der Waals surface area contributed by atoms with E-state index in [0.717, 1.165) is 25.3 Å². The van der Waals surface area contributed by atoms with Crippen LogP contribution in [0.4, 0.5) is 0 Å². The lowest BCUT2D eigenvalue weighted by molar-refractivity contribution is 0.439. The highest BCUT2D eigenvalue weighted by molar-refractivity contribution is 4.89. The molecule has 1 N–H and O–H groups in total. The molecule has 0 amide bonds. The fourth-order valence-electron chi connectivity index (χ4n) is 2.20. The Morgan fingerprint density at radius 2 is 2.06 bits per heavy atom. The molecule has 0 fully saturated rings. The fourth-order valence-corrected chi connectivity index (χ4v) is 2.20. The molecule has 0 radical (unpaired) electrons. The SMILES string of the molecule is CCCCCC(Cc1ncnn1CC)NCCC. The van der Waals surface area contributed by atoms with E-state index in [0.29, 0.717) is 6.04 Å². The molecule has 1 atom stereocenters. The lowest BCUT2D eigenvalue weighted by atomic mass is 10.0. The van der Waals surface area contributed by atoms with E-state index in [2.05, 4.69) is 36.2 Å². The van der Waals surface area contributed by atoms with Gasteiger partial charge in [0, 0.05) is 19.0 Å². The van der Waals surface area contributed by atoms with Crippen molar-refractivity contribution in [2.45, 2.75) is 71.9 Å². The Bertz CT molecular complexity index is 308. The minimum absolute atomic E-state index is 0.547. The molecule has 0 spiro atoms. The summed E-state index contributed by atoms with van der Waals surface area (Å²) in [6, 6.07) is 0.547. The first kappa shape index (κ1) is 15.2. The Hall–Kier alpha value is -0.900. The van der Waals surface area contributed by atoms with E-state index in [1.54, 1.807) is 6.33 Å². The molecule has 0 aliphatic carbocycles. The van der Waals surface area contributed by atoms with E-state index in [9.17, 15) is 0 Å². The minimum atomic E-state index is 0.547. The predicted octanol–water partition coefficient (Wildman–Crippen LogP) is 2.79. The Labute approximate surface area is 111 Å². The van der Waals surface area contributed by atoms with Crippen molar-refractivity contribution in [1.29, 1.82) is 0 Å². The van der Waals surface area contributed by atoms with Crippen molar-refractivity contribution in [3.05, 3.63) is 12.2 Å². The zero-order valence-corrected chi connectivity index (χ0v) is 12.2. The van der Waals surface area contributed by atoms with Crippen LogP contribution in [0.5, 0.6) is 0 Å². The first-order valence-corrected chi connectivity index (χ1v) is 7.41. The Morgan fingerprint density at radius 3 is 2.72 bits per heavy atom. The smallest absolute Gasteiger partial charge is 0.138 e. The quantitative estimate of drug-likeness (QED) is 0.651. The highest BCUT2D eigenvalue weighted by Gasteiger charge is 2.12. The Morgan fingerprint density at radius 1 is 1.22 bits per heavy atom. The van der Waals surface area contributed by atoms with Gasteiger partial charge in [-0.1, -0.05) is 33.1 Å². The van der Waals surface area contributed by atoms with Gasteiger partial charge in [-0.25, -0.2) is 4.98 Å². The Kier molecular flexibility index (Phi) is 7.65. The van der Waals surface area contributed by atoms with Crippen LogP contribution in [0.2, 0.25) is 0 Å². The normalized spacial score (nSPS) is 12.8. The molecule has 1 aromatic heterocycles. The molecule has 4 nitrogen and oxygen atoms in total. The summed E-state index contributed by atoms with van der Waals surface area (Å²) in [5.41, 5.74) is 0. The van der Waals surface area contributed by atoms with Crippen molar-refractivity contribution < 1.29 is 0 Å². The molecule has 0 saturated carbocycles. The van der Waals surface area contributed by atoms with Crippen LogP contribution in [-0.2, 0) is 13.0 Å². The predicted molar refractivity (Wildman–Crippen MR) is 75.6 cm³/mol. The number of nitrogens with one attached hydrogen (secondary N) is 1. The summed E-state index contributed by atoms with van der Waals surface area (Å²) < 4.78 is 2.00. The summed E-state index contributed by atoms with van der Waals surface area (Å²) in [4.78, 5) is 4.37. The van der Waals surface area contributed by atoms with Gasteiger partial charge in [0.05, 0.1) is 0 Å². The number of rotatable bonds is 10. The van der Waals surface area contributed by atoms with Crippen LogP contribution in [0.3, 0.4) is 0 Å². The Balaban J connectivity index is 2.48. The van der Waals surface area contributed by atoms with E-state index in [4.69, 9.17) is 0 Å². The third-order valence-corrected chi connectivity index (χ3v) is 3.26. The van der Waals surface area contributed by atoms with Crippen LogP contribution in [-0.4, -0.2) is 27.4 Å². The van der Waals surface area contributed by atoms with E-state index < -0.39 is 0 Å². The number of nitrogens with zero attached hydrogens (tertiary/aromatic N) is 3. The molecule has 104 valence electrons. The van der Waals surface area contributed by atoms with Crippen molar-refractivity contribution in [1.82, 2.24) is 20.1 Å². The van der Waals surface area contributed by atoms with Crippen LogP contribution in [0.25, 0.3) is 0 Å². The van der Waals surface area contributed by atoms with Gasteiger partial charge < -0.3 is 5.32 Å². The first-order chi connectivity index (χ1) is 8.81. The maximum absolute atomic E-state index is 4.37. The number of aromatic nitrogens is 3. The standard InChI is InChI=1S/C14H28N4/c1-4-7-8-9-13(15-10-5-2)11-14-16-12-17-18(14)6-3/h12-13,15H,4-11H2,1-3H3. The lowest BCUT2D eigenvalue weighted by Gasteiger charge is -2.18. The molecule has 0 aromatic carbocycles. The molecule has 4 heteroatoms. The average molecular weight is 252 g/mol. The molecular weight excluding hydrogens is 224 g/mol. The average Bonchev–Trinajstić information content (AvgIpc) is 2.83. The second kappa shape index (κ2) is 9.09. The topological polar surface area (TPSA) is 42.7 Å². The van der Waals surface area contributed by atoms with Gasteiger partial charge in [0.15, 0.2) is 0 Å². The summed E-state index contributed by atoms with van der Waals surface area (Å²) in [6.07, 6.45) is 9.00. The van der Waals surface area contributed by atoms with Gasteiger partial charge >= 0.3 is 0 Å². The van der Waals surface area contributed by atoms with E-state index in [1.165, 1.54) is 32.1 Å². The fraction of sp³-hybridized carbons (Fsp3) is 0.857. The zero-order valence-electron chi connectivity index (χ0n) is 12.2. The first-order valence-electron chi connectivity index (χ1n) is 7.41. The zero-order chi connectivity index (χ0) is 13.2. The monoisotopic (exact) mass is 252 g/mol. The van der Waals surface area contributed by atoms with Crippen molar-refractivity contribution >= 4 is 0 Å². The third-order valence-electron chi connectivity index (χ3n) is 3.26. The van der Waals surface area contributed by atoms with Crippen LogP contribution >= 0.6 is 0 Å². The largest absolute Gasteiger partial charge is 0.314 e. The van der Waals surface area contributed by atoms with Crippen molar-refractivity contribution in [3.63, 3.8) is 0 Å². The highest BCUT2D eigenvalue weighted by Crippen LogP contribution is 2.08. The highest BCUT2D eigenvalue weighted by atomic mass is 15.3. The van der Waals surface area contributed by atoms with Gasteiger partial charge in [0.1, 0.15) is 12.2 Å². The summed E-state index contributed by atoms with van der Waals surface area (Å²) in [5.74, 6) is 1.11. The summed E-state index contributed by atoms with van der Waals surface area (Å²) in [6.45, 7) is 8.58. The van der Waals surface area contributed by atoms with E-state index in [-0.39, 0.29) is 0 Å². The summed E-state index contributed by atoms with van der Waals surface area (Å²) in [5, 5.41) is 7.88. The van der Waals surface area contributed by atoms with Crippen LogP contribution in [0.15, 0.2) is 6.33 Å². The molecule has 0 bridgehead atoms. The molecule has 0 aliphatic rings. The second-order valence-corrected chi connectivity index (χ2v) is 4.84. The molecule has 1 heterocycles. The van der Waals surface area contributed by atoms with Gasteiger partial charge in [-0.2, -0.15) is 5.10 Å². The maximum atomic E-state index is 4.37. The van der Waals surface area contributed by atoms with Crippen LogP contribution in [0, 0.1) is 0 Å². The molecular formula is C14H28N4. The van der Waals surface area contributed by atoms with E-state index in [1.807, 2.05) is 4.68 Å². The van der Waals surface area contributed by atoms with Crippen LogP contribution < -0.4 is 5.32 Å². The third kappa shape index (κ3) is 5.17. The van der Waals surface area contributed by atoms with E-state index >= 15 is 0 Å². The molecule has 18 heavy (non-hydrogen) atoms. The van der Waals surface area contributed by atoms with Gasteiger partial charge in [-0.05, 0) is 26.3 Å². The molecule has 1 rings (SSSR count). The van der Waals surface area contributed by atoms with Gasteiger partial charge in [-0.15, -0.1) is 0 Å².